The van der Waals surface area contributed by atoms with Gasteiger partial charge in [-0.1, -0.05) is 12.1 Å². The van der Waals surface area contributed by atoms with Crippen molar-refractivity contribution in [2.24, 2.45) is 5.92 Å². The van der Waals surface area contributed by atoms with Crippen LogP contribution in [0.5, 0.6) is 0 Å². The number of nitrogens with zero attached hydrogens (tertiary/aromatic N) is 2. The minimum Gasteiger partial charge on any atom is -0.342 e. The fourth-order valence-electron chi connectivity index (χ4n) is 2.50. The summed E-state index contributed by atoms with van der Waals surface area (Å²) >= 11 is 0. The molecule has 1 atom stereocenters. The van der Waals surface area contributed by atoms with Gasteiger partial charge in [-0.3, -0.25) is 0 Å². The standard InChI is InChI=1S/C15H16N4/c16-8-11-1-3-13(4-2-11)14-10-18-15(19-14)7-12-5-6-17-9-12/h1-4,10,12,17H,5-7,9H2,(H,18,19). The van der Waals surface area contributed by atoms with Crippen LogP contribution in [0.3, 0.4) is 0 Å². The van der Waals surface area contributed by atoms with E-state index < -0.39 is 0 Å². The van der Waals surface area contributed by atoms with Crippen LogP contribution >= 0.6 is 0 Å². The van der Waals surface area contributed by atoms with Crippen LogP contribution in [0.15, 0.2) is 30.5 Å². The summed E-state index contributed by atoms with van der Waals surface area (Å²) in [6.45, 7) is 2.21. The summed E-state index contributed by atoms with van der Waals surface area (Å²) in [4.78, 5) is 7.82. The summed E-state index contributed by atoms with van der Waals surface area (Å²) in [5.74, 6) is 1.74. The average molecular weight is 252 g/mol. The van der Waals surface area contributed by atoms with E-state index >= 15 is 0 Å². The third-order valence-corrected chi connectivity index (χ3v) is 3.60. The predicted octanol–water partition coefficient (Wildman–Crippen LogP) is 2.10. The smallest absolute Gasteiger partial charge is 0.106 e. The molecule has 1 aromatic heterocycles. The molecular weight excluding hydrogens is 236 g/mol. The van der Waals surface area contributed by atoms with Crippen molar-refractivity contribution in [1.29, 1.82) is 5.26 Å². The van der Waals surface area contributed by atoms with Crippen molar-refractivity contribution in [2.45, 2.75) is 12.8 Å². The van der Waals surface area contributed by atoms with Crippen molar-refractivity contribution in [3.05, 3.63) is 41.9 Å². The van der Waals surface area contributed by atoms with Gasteiger partial charge in [0.15, 0.2) is 0 Å². The molecule has 0 amide bonds. The summed E-state index contributed by atoms with van der Waals surface area (Å²) in [5.41, 5.74) is 2.77. The van der Waals surface area contributed by atoms with Gasteiger partial charge >= 0.3 is 0 Å². The van der Waals surface area contributed by atoms with Gasteiger partial charge in [0, 0.05) is 6.42 Å². The van der Waals surface area contributed by atoms with E-state index in [0.717, 1.165) is 36.6 Å². The first kappa shape index (κ1) is 11.9. The monoisotopic (exact) mass is 252 g/mol. The fraction of sp³-hybridized carbons (Fsp3) is 0.333. The fourth-order valence-corrected chi connectivity index (χ4v) is 2.50. The number of benzene rings is 1. The Morgan fingerprint density at radius 2 is 2.16 bits per heavy atom. The van der Waals surface area contributed by atoms with Crippen LogP contribution in [-0.2, 0) is 6.42 Å². The molecule has 1 fully saturated rings. The summed E-state index contributed by atoms with van der Waals surface area (Å²) in [5, 5.41) is 12.2. The second-order valence-corrected chi connectivity index (χ2v) is 5.00. The van der Waals surface area contributed by atoms with Crippen LogP contribution in [0.2, 0.25) is 0 Å². The van der Waals surface area contributed by atoms with E-state index in [1.807, 2.05) is 30.5 Å². The largest absolute Gasteiger partial charge is 0.342 e. The van der Waals surface area contributed by atoms with Gasteiger partial charge in [-0.15, -0.1) is 0 Å². The molecule has 2 aromatic rings. The molecule has 1 aliphatic rings. The topological polar surface area (TPSA) is 64.5 Å². The maximum atomic E-state index is 8.79. The molecule has 1 saturated heterocycles. The second kappa shape index (κ2) is 5.25. The van der Waals surface area contributed by atoms with Crippen molar-refractivity contribution in [3.63, 3.8) is 0 Å². The summed E-state index contributed by atoms with van der Waals surface area (Å²) in [6.07, 6.45) is 4.11. The molecule has 0 radical (unpaired) electrons. The zero-order valence-corrected chi connectivity index (χ0v) is 10.7. The lowest BCUT2D eigenvalue weighted by Crippen LogP contribution is -2.11. The maximum absolute atomic E-state index is 8.79. The Kier molecular flexibility index (Phi) is 3.30. The molecule has 0 bridgehead atoms. The number of H-pyrrole nitrogens is 1. The number of aromatic amines is 1. The average Bonchev–Trinajstić information content (AvgIpc) is 3.11. The SMILES string of the molecule is N#Cc1ccc(-c2cnc(CC3CCNC3)[nH]2)cc1. The Morgan fingerprint density at radius 1 is 1.32 bits per heavy atom. The van der Waals surface area contributed by atoms with Crippen molar-refractivity contribution < 1.29 is 0 Å². The van der Waals surface area contributed by atoms with Crippen LogP contribution in [0.25, 0.3) is 11.3 Å². The molecule has 0 spiro atoms. The van der Waals surface area contributed by atoms with Crippen LogP contribution in [0.1, 0.15) is 17.8 Å². The van der Waals surface area contributed by atoms with Crippen LogP contribution in [0.4, 0.5) is 0 Å². The molecule has 4 nitrogen and oxygen atoms in total. The molecular formula is C15H16N4. The normalized spacial score (nSPS) is 18.4. The van der Waals surface area contributed by atoms with Crippen LogP contribution in [-0.4, -0.2) is 23.1 Å². The summed E-state index contributed by atoms with van der Waals surface area (Å²) in [6, 6.07) is 9.69. The third kappa shape index (κ3) is 2.67. The number of aromatic nitrogens is 2. The van der Waals surface area contributed by atoms with Crippen molar-refractivity contribution in [1.82, 2.24) is 15.3 Å². The van der Waals surface area contributed by atoms with Gasteiger partial charge in [0.2, 0.25) is 0 Å². The molecule has 1 aromatic carbocycles. The Hall–Kier alpha value is -2.12. The highest BCUT2D eigenvalue weighted by Gasteiger charge is 2.16. The van der Waals surface area contributed by atoms with E-state index in [4.69, 9.17) is 5.26 Å². The van der Waals surface area contributed by atoms with Gasteiger partial charge < -0.3 is 10.3 Å². The van der Waals surface area contributed by atoms with E-state index in [-0.39, 0.29) is 0 Å². The number of rotatable bonds is 3. The number of hydrogen-bond donors (Lipinski definition) is 2. The zero-order chi connectivity index (χ0) is 13.1. The zero-order valence-electron chi connectivity index (χ0n) is 10.7. The summed E-state index contributed by atoms with van der Waals surface area (Å²) in [7, 11) is 0. The highest BCUT2D eigenvalue weighted by Crippen LogP contribution is 2.19. The van der Waals surface area contributed by atoms with Crippen molar-refractivity contribution >= 4 is 0 Å². The van der Waals surface area contributed by atoms with E-state index in [9.17, 15) is 0 Å². The molecule has 0 saturated carbocycles. The molecule has 3 rings (SSSR count). The molecule has 0 aliphatic carbocycles. The maximum Gasteiger partial charge on any atom is 0.106 e. The minimum absolute atomic E-state index is 0.681. The third-order valence-electron chi connectivity index (χ3n) is 3.60. The van der Waals surface area contributed by atoms with Gasteiger partial charge in [0.1, 0.15) is 5.82 Å². The number of hydrogen-bond acceptors (Lipinski definition) is 3. The molecule has 19 heavy (non-hydrogen) atoms. The van der Waals surface area contributed by atoms with Gasteiger partial charge in [0.25, 0.3) is 0 Å². The quantitative estimate of drug-likeness (QED) is 0.879. The minimum atomic E-state index is 0.681. The Labute approximate surface area is 112 Å². The first-order chi connectivity index (χ1) is 9.35. The molecule has 1 aliphatic heterocycles. The summed E-state index contributed by atoms with van der Waals surface area (Å²) < 4.78 is 0. The second-order valence-electron chi connectivity index (χ2n) is 5.00. The lowest BCUT2D eigenvalue weighted by Gasteiger charge is -2.04. The number of imidazole rings is 1. The predicted molar refractivity (Wildman–Crippen MR) is 73.4 cm³/mol. The van der Waals surface area contributed by atoms with Crippen molar-refractivity contribution in [3.8, 4) is 17.3 Å². The highest BCUT2D eigenvalue weighted by atomic mass is 14.9. The first-order valence-electron chi connectivity index (χ1n) is 6.60. The number of nitriles is 1. The van der Waals surface area contributed by atoms with Crippen LogP contribution < -0.4 is 5.32 Å². The van der Waals surface area contributed by atoms with Crippen LogP contribution in [0, 0.1) is 17.2 Å². The first-order valence-corrected chi connectivity index (χ1v) is 6.60. The molecule has 2 N–H and O–H groups in total. The molecule has 2 heterocycles. The van der Waals surface area contributed by atoms with Gasteiger partial charge in [-0.25, -0.2) is 4.98 Å². The molecule has 4 heteroatoms. The Bertz CT molecular complexity index is 585. The Morgan fingerprint density at radius 3 is 2.84 bits per heavy atom. The Balaban J connectivity index is 1.74. The molecule has 1 unspecified atom stereocenters. The highest BCUT2D eigenvalue weighted by molar-refractivity contribution is 5.59. The van der Waals surface area contributed by atoms with Gasteiger partial charge in [-0.2, -0.15) is 5.26 Å². The van der Waals surface area contributed by atoms with E-state index in [0.29, 0.717) is 11.5 Å². The lowest BCUT2D eigenvalue weighted by atomic mass is 10.1. The van der Waals surface area contributed by atoms with Crippen molar-refractivity contribution in [2.75, 3.05) is 13.1 Å². The van der Waals surface area contributed by atoms with Gasteiger partial charge in [0.05, 0.1) is 23.5 Å². The number of nitrogens with one attached hydrogen (secondary N) is 2. The van der Waals surface area contributed by atoms with E-state index in [1.165, 1.54) is 6.42 Å². The molecule has 96 valence electrons. The van der Waals surface area contributed by atoms with E-state index in [2.05, 4.69) is 21.4 Å². The lowest BCUT2D eigenvalue weighted by molar-refractivity contribution is 0.565. The van der Waals surface area contributed by atoms with Gasteiger partial charge in [-0.05, 0) is 43.1 Å². The van der Waals surface area contributed by atoms with E-state index in [1.54, 1.807) is 0 Å².